The number of phenols is 1. The Kier molecular flexibility index (Phi) is 4.02. The van der Waals surface area contributed by atoms with Crippen LogP contribution in [0, 0.1) is 0 Å². The topological polar surface area (TPSA) is 20.2 Å². The number of hydrogen-bond acceptors (Lipinski definition) is 1. The first-order valence-corrected chi connectivity index (χ1v) is 9.29. The van der Waals surface area contributed by atoms with E-state index in [1.165, 1.54) is 21.3 Å². The summed E-state index contributed by atoms with van der Waals surface area (Å²) in [7, 11) is -0.637. The van der Waals surface area contributed by atoms with E-state index < -0.39 is 7.92 Å². The average Bonchev–Trinajstić information content (AvgIpc) is 2.64. The van der Waals surface area contributed by atoms with Crippen molar-refractivity contribution in [2.24, 2.45) is 0 Å². The zero-order chi connectivity index (χ0) is 16.4. The van der Waals surface area contributed by atoms with Crippen molar-refractivity contribution in [2.75, 3.05) is 0 Å². The summed E-state index contributed by atoms with van der Waals surface area (Å²) in [5, 5.41) is 16.1. The minimum atomic E-state index is -0.637. The molecule has 0 saturated heterocycles. The van der Waals surface area contributed by atoms with Crippen LogP contribution in [0.25, 0.3) is 10.8 Å². The first-order valence-electron chi connectivity index (χ1n) is 7.95. The molecule has 0 spiro atoms. The van der Waals surface area contributed by atoms with Crippen LogP contribution in [0.15, 0.2) is 97.1 Å². The van der Waals surface area contributed by atoms with Gasteiger partial charge in [-0.1, -0.05) is 84.9 Å². The number of aromatic hydroxyl groups is 1. The lowest BCUT2D eigenvalue weighted by molar-refractivity contribution is 0.476. The van der Waals surface area contributed by atoms with Crippen LogP contribution in [0.4, 0.5) is 0 Å². The molecule has 0 aromatic heterocycles. The number of fused-ring (bicyclic) bond motifs is 1. The van der Waals surface area contributed by atoms with E-state index in [4.69, 9.17) is 0 Å². The Morgan fingerprint density at radius 3 is 1.83 bits per heavy atom. The lowest BCUT2D eigenvalue weighted by Gasteiger charge is -2.21. The highest BCUT2D eigenvalue weighted by Gasteiger charge is 2.18. The summed E-state index contributed by atoms with van der Waals surface area (Å²) >= 11 is 0. The van der Waals surface area contributed by atoms with E-state index in [0.29, 0.717) is 5.75 Å². The molecule has 0 amide bonds. The third-order valence-corrected chi connectivity index (χ3v) is 6.61. The van der Waals surface area contributed by atoms with Gasteiger partial charge in [0.05, 0.1) is 0 Å². The molecule has 0 aliphatic heterocycles. The Hall–Kier alpha value is -2.63. The Morgan fingerprint density at radius 1 is 0.583 bits per heavy atom. The van der Waals surface area contributed by atoms with Crippen molar-refractivity contribution in [1.29, 1.82) is 0 Å². The fourth-order valence-electron chi connectivity index (χ4n) is 3.03. The van der Waals surface area contributed by atoms with Crippen molar-refractivity contribution < 1.29 is 5.11 Å². The summed E-state index contributed by atoms with van der Waals surface area (Å²) in [6, 6.07) is 33.3. The van der Waals surface area contributed by atoms with Gasteiger partial charge in [0, 0.05) is 0 Å². The molecule has 0 saturated carbocycles. The maximum atomic E-state index is 9.80. The average molecular weight is 328 g/mol. The monoisotopic (exact) mass is 328 g/mol. The van der Waals surface area contributed by atoms with E-state index in [0.717, 1.165) is 5.39 Å². The van der Waals surface area contributed by atoms with Crippen molar-refractivity contribution in [1.82, 2.24) is 0 Å². The van der Waals surface area contributed by atoms with Crippen molar-refractivity contribution in [2.45, 2.75) is 0 Å². The fourth-order valence-corrected chi connectivity index (χ4v) is 5.51. The number of rotatable bonds is 3. The SMILES string of the molecule is Oc1ccc2c(P(c3ccccc3)c3ccccc3)cccc2c1. The van der Waals surface area contributed by atoms with Crippen LogP contribution in [-0.4, -0.2) is 5.11 Å². The smallest absolute Gasteiger partial charge is 0.116 e. The van der Waals surface area contributed by atoms with Crippen LogP contribution in [-0.2, 0) is 0 Å². The largest absolute Gasteiger partial charge is 0.508 e. The second-order valence-corrected chi connectivity index (χ2v) is 7.87. The highest BCUT2D eigenvalue weighted by Crippen LogP contribution is 2.36. The second-order valence-electron chi connectivity index (χ2n) is 5.69. The molecule has 2 heteroatoms. The fraction of sp³-hybridized carbons (Fsp3) is 0. The molecule has 4 aromatic carbocycles. The van der Waals surface area contributed by atoms with E-state index in [-0.39, 0.29) is 0 Å². The molecule has 0 heterocycles. The summed E-state index contributed by atoms with van der Waals surface area (Å²) < 4.78 is 0. The molecule has 0 bridgehead atoms. The van der Waals surface area contributed by atoms with Crippen molar-refractivity contribution in [3.05, 3.63) is 97.1 Å². The molecule has 0 radical (unpaired) electrons. The summed E-state index contributed by atoms with van der Waals surface area (Å²) in [5.74, 6) is 0.309. The van der Waals surface area contributed by atoms with Gasteiger partial charge in [-0.15, -0.1) is 0 Å². The highest BCUT2D eigenvalue weighted by atomic mass is 31.1. The van der Waals surface area contributed by atoms with Gasteiger partial charge in [-0.05, 0) is 46.7 Å². The second kappa shape index (κ2) is 6.47. The van der Waals surface area contributed by atoms with Crippen molar-refractivity contribution in [3.8, 4) is 5.75 Å². The third-order valence-electron chi connectivity index (χ3n) is 4.11. The van der Waals surface area contributed by atoms with Crippen LogP contribution < -0.4 is 15.9 Å². The Labute approximate surface area is 143 Å². The van der Waals surface area contributed by atoms with E-state index in [1.807, 2.05) is 12.1 Å². The molecular weight excluding hydrogens is 311 g/mol. The Balaban J connectivity index is 1.98. The lowest BCUT2D eigenvalue weighted by atomic mass is 10.1. The molecule has 0 aliphatic rings. The van der Waals surface area contributed by atoms with Gasteiger partial charge in [0.15, 0.2) is 0 Å². The van der Waals surface area contributed by atoms with Crippen LogP contribution in [0.5, 0.6) is 5.75 Å². The van der Waals surface area contributed by atoms with Crippen molar-refractivity contribution >= 4 is 34.6 Å². The molecule has 1 nitrogen and oxygen atoms in total. The molecule has 0 atom stereocenters. The molecule has 116 valence electrons. The Morgan fingerprint density at radius 2 is 1.21 bits per heavy atom. The zero-order valence-electron chi connectivity index (χ0n) is 13.1. The van der Waals surface area contributed by atoms with Gasteiger partial charge in [-0.25, -0.2) is 0 Å². The minimum Gasteiger partial charge on any atom is -0.508 e. The molecule has 24 heavy (non-hydrogen) atoms. The van der Waals surface area contributed by atoms with E-state index in [9.17, 15) is 5.11 Å². The van der Waals surface area contributed by atoms with Gasteiger partial charge in [0.1, 0.15) is 5.75 Å². The number of hydrogen-bond donors (Lipinski definition) is 1. The molecule has 0 aliphatic carbocycles. The van der Waals surface area contributed by atoms with Gasteiger partial charge >= 0.3 is 0 Å². The van der Waals surface area contributed by atoms with Gasteiger partial charge in [-0.3, -0.25) is 0 Å². The third kappa shape index (κ3) is 2.79. The van der Waals surface area contributed by atoms with E-state index in [1.54, 1.807) is 6.07 Å². The summed E-state index contributed by atoms with van der Waals surface area (Å²) in [4.78, 5) is 0. The summed E-state index contributed by atoms with van der Waals surface area (Å²) in [5.41, 5.74) is 0. The van der Waals surface area contributed by atoms with Gasteiger partial charge in [-0.2, -0.15) is 0 Å². The van der Waals surface area contributed by atoms with E-state index >= 15 is 0 Å². The maximum Gasteiger partial charge on any atom is 0.116 e. The van der Waals surface area contributed by atoms with Crippen LogP contribution in [0.2, 0.25) is 0 Å². The predicted molar refractivity (Wildman–Crippen MR) is 104 cm³/mol. The molecule has 0 unspecified atom stereocenters. The normalized spacial score (nSPS) is 11.0. The van der Waals surface area contributed by atoms with Crippen LogP contribution in [0.1, 0.15) is 0 Å². The standard InChI is InChI=1S/C22H17OP/c23-18-14-15-21-17(16-18)8-7-13-22(21)24(19-9-3-1-4-10-19)20-11-5-2-6-12-20/h1-16,23H. The zero-order valence-corrected chi connectivity index (χ0v) is 14.0. The van der Waals surface area contributed by atoms with Gasteiger partial charge < -0.3 is 5.11 Å². The Bertz CT molecular complexity index is 925. The maximum absolute atomic E-state index is 9.80. The molecule has 0 fully saturated rings. The number of phenolic OH excluding ortho intramolecular Hbond substituents is 1. The minimum absolute atomic E-state index is 0.309. The first kappa shape index (κ1) is 14.9. The first-order chi connectivity index (χ1) is 11.8. The molecular formula is C22H17OP. The summed E-state index contributed by atoms with van der Waals surface area (Å²) in [6.07, 6.45) is 0. The highest BCUT2D eigenvalue weighted by molar-refractivity contribution is 7.80. The molecule has 4 rings (SSSR count). The van der Waals surface area contributed by atoms with Crippen molar-refractivity contribution in [3.63, 3.8) is 0 Å². The number of benzene rings is 4. The lowest BCUT2D eigenvalue weighted by Crippen LogP contribution is -2.21. The molecule has 1 N–H and O–H groups in total. The quantitative estimate of drug-likeness (QED) is 0.556. The van der Waals surface area contributed by atoms with Crippen LogP contribution in [0.3, 0.4) is 0 Å². The van der Waals surface area contributed by atoms with Crippen LogP contribution >= 0.6 is 7.92 Å². The summed E-state index contributed by atoms with van der Waals surface area (Å²) in [6.45, 7) is 0. The molecule has 4 aromatic rings. The van der Waals surface area contributed by atoms with E-state index in [2.05, 4.69) is 78.9 Å². The predicted octanol–water partition coefficient (Wildman–Crippen LogP) is 4.30. The van der Waals surface area contributed by atoms with Gasteiger partial charge in [0.25, 0.3) is 0 Å². The van der Waals surface area contributed by atoms with Gasteiger partial charge in [0.2, 0.25) is 0 Å².